The molecule has 5 nitrogen and oxygen atoms in total. The number of carboxylic acid groups (broad SMARTS) is 1. The van der Waals surface area contributed by atoms with Crippen LogP contribution in [0.1, 0.15) is 20.7 Å². The molecule has 0 aromatic heterocycles. The minimum atomic E-state index is -1.23. The van der Waals surface area contributed by atoms with Gasteiger partial charge in [0.1, 0.15) is 11.3 Å². The van der Waals surface area contributed by atoms with E-state index in [4.69, 9.17) is 5.11 Å². The van der Waals surface area contributed by atoms with Crippen molar-refractivity contribution in [1.82, 2.24) is 0 Å². The van der Waals surface area contributed by atoms with Crippen LogP contribution in [0.4, 0.5) is 5.69 Å². The number of carboxylic acids is 1. The zero-order valence-electron chi connectivity index (χ0n) is 13.1. The number of anilines is 1. The van der Waals surface area contributed by atoms with Gasteiger partial charge in [0.25, 0.3) is 5.91 Å². The van der Waals surface area contributed by atoms with Crippen LogP contribution in [0.15, 0.2) is 72.8 Å². The summed E-state index contributed by atoms with van der Waals surface area (Å²) < 4.78 is 0. The van der Waals surface area contributed by atoms with Crippen LogP contribution in [0.25, 0.3) is 11.1 Å². The summed E-state index contributed by atoms with van der Waals surface area (Å²) in [6, 6.07) is 20.8. The minimum Gasteiger partial charge on any atom is -0.507 e. The number of hydrogen-bond donors (Lipinski definition) is 3. The second-order valence-corrected chi connectivity index (χ2v) is 5.43. The predicted molar refractivity (Wildman–Crippen MR) is 94.9 cm³/mol. The molecule has 3 aromatic carbocycles. The van der Waals surface area contributed by atoms with Gasteiger partial charge >= 0.3 is 5.97 Å². The summed E-state index contributed by atoms with van der Waals surface area (Å²) in [6.07, 6.45) is 0. The van der Waals surface area contributed by atoms with Gasteiger partial charge in [0, 0.05) is 17.3 Å². The molecular formula is C20H15NO4. The Morgan fingerprint density at radius 3 is 2.04 bits per heavy atom. The molecule has 0 atom stereocenters. The van der Waals surface area contributed by atoms with Gasteiger partial charge in [0.05, 0.1) is 0 Å². The molecule has 0 aliphatic rings. The Bertz CT molecular complexity index is 918. The predicted octanol–water partition coefficient (Wildman–Crippen LogP) is 4.01. The van der Waals surface area contributed by atoms with Crippen LogP contribution in [-0.2, 0) is 0 Å². The summed E-state index contributed by atoms with van der Waals surface area (Å²) in [4.78, 5) is 23.2. The van der Waals surface area contributed by atoms with Crippen molar-refractivity contribution in [2.45, 2.75) is 0 Å². The molecule has 5 heteroatoms. The van der Waals surface area contributed by atoms with Gasteiger partial charge in [-0.1, -0.05) is 42.5 Å². The van der Waals surface area contributed by atoms with E-state index in [9.17, 15) is 14.7 Å². The molecule has 0 aliphatic carbocycles. The number of aromatic carboxylic acids is 1. The molecule has 1 amide bonds. The van der Waals surface area contributed by atoms with Crippen LogP contribution in [0, 0.1) is 0 Å². The molecule has 0 saturated carbocycles. The SMILES string of the molecule is O=C(Nc1ccc(C(=O)O)c(O)c1)c1ccc(-c2ccccc2)cc1. The molecule has 25 heavy (non-hydrogen) atoms. The highest BCUT2D eigenvalue weighted by Crippen LogP contribution is 2.23. The lowest BCUT2D eigenvalue weighted by Gasteiger charge is -2.08. The molecule has 124 valence electrons. The highest BCUT2D eigenvalue weighted by atomic mass is 16.4. The van der Waals surface area contributed by atoms with Crippen molar-refractivity contribution in [1.29, 1.82) is 0 Å². The van der Waals surface area contributed by atoms with E-state index < -0.39 is 11.7 Å². The molecule has 0 spiro atoms. The van der Waals surface area contributed by atoms with Gasteiger partial charge < -0.3 is 15.5 Å². The van der Waals surface area contributed by atoms with Crippen molar-refractivity contribution in [3.63, 3.8) is 0 Å². The van der Waals surface area contributed by atoms with Crippen molar-refractivity contribution < 1.29 is 19.8 Å². The average molecular weight is 333 g/mol. The van der Waals surface area contributed by atoms with Gasteiger partial charge in [0.15, 0.2) is 0 Å². The maximum absolute atomic E-state index is 12.3. The van der Waals surface area contributed by atoms with Crippen LogP contribution in [0.5, 0.6) is 5.75 Å². The second-order valence-electron chi connectivity index (χ2n) is 5.43. The van der Waals surface area contributed by atoms with Gasteiger partial charge in [-0.05, 0) is 35.4 Å². The Morgan fingerprint density at radius 2 is 1.44 bits per heavy atom. The number of hydrogen-bond acceptors (Lipinski definition) is 3. The minimum absolute atomic E-state index is 0.217. The fourth-order valence-corrected chi connectivity index (χ4v) is 2.44. The lowest BCUT2D eigenvalue weighted by molar-refractivity contribution is 0.0693. The first-order chi connectivity index (χ1) is 12.0. The fraction of sp³-hybridized carbons (Fsp3) is 0. The lowest BCUT2D eigenvalue weighted by atomic mass is 10.0. The number of phenols is 1. The first-order valence-electron chi connectivity index (χ1n) is 7.58. The molecule has 0 radical (unpaired) electrons. The topological polar surface area (TPSA) is 86.6 Å². The zero-order valence-corrected chi connectivity index (χ0v) is 13.1. The van der Waals surface area contributed by atoms with E-state index in [0.717, 1.165) is 11.1 Å². The Hall–Kier alpha value is -3.60. The molecule has 0 fully saturated rings. The highest BCUT2D eigenvalue weighted by Gasteiger charge is 2.12. The molecule has 0 aliphatic heterocycles. The van der Waals surface area contributed by atoms with E-state index >= 15 is 0 Å². The van der Waals surface area contributed by atoms with Gasteiger partial charge in [-0.15, -0.1) is 0 Å². The van der Waals surface area contributed by atoms with E-state index in [2.05, 4.69) is 5.32 Å². The van der Waals surface area contributed by atoms with E-state index in [-0.39, 0.29) is 11.5 Å². The van der Waals surface area contributed by atoms with Gasteiger partial charge in [-0.25, -0.2) is 4.79 Å². The normalized spacial score (nSPS) is 10.2. The van der Waals surface area contributed by atoms with E-state index in [0.29, 0.717) is 11.3 Å². The van der Waals surface area contributed by atoms with Crippen molar-refractivity contribution >= 4 is 17.6 Å². The summed E-state index contributed by atoms with van der Waals surface area (Å²) in [5.74, 6) is -1.97. The first-order valence-corrected chi connectivity index (χ1v) is 7.58. The molecule has 0 bridgehead atoms. The fourth-order valence-electron chi connectivity index (χ4n) is 2.44. The van der Waals surface area contributed by atoms with Crippen LogP contribution in [0.2, 0.25) is 0 Å². The number of rotatable bonds is 4. The molecule has 3 aromatic rings. The van der Waals surface area contributed by atoms with Gasteiger partial charge in [0.2, 0.25) is 0 Å². The molecule has 0 heterocycles. The van der Waals surface area contributed by atoms with Crippen molar-refractivity contribution in [2.75, 3.05) is 5.32 Å². The third-order valence-corrected chi connectivity index (χ3v) is 3.74. The monoisotopic (exact) mass is 333 g/mol. The first kappa shape index (κ1) is 16.3. The summed E-state index contributed by atoms with van der Waals surface area (Å²) >= 11 is 0. The van der Waals surface area contributed by atoms with Crippen LogP contribution in [-0.4, -0.2) is 22.1 Å². The van der Waals surface area contributed by atoms with Crippen molar-refractivity contribution in [2.24, 2.45) is 0 Å². The summed E-state index contributed by atoms with van der Waals surface area (Å²) in [5.41, 5.74) is 2.62. The third-order valence-electron chi connectivity index (χ3n) is 3.74. The van der Waals surface area contributed by atoms with E-state index in [1.807, 2.05) is 42.5 Å². The maximum Gasteiger partial charge on any atom is 0.339 e. The second kappa shape index (κ2) is 6.88. The Morgan fingerprint density at radius 1 is 0.800 bits per heavy atom. The Balaban J connectivity index is 1.75. The molecule has 0 unspecified atom stereocenters. The van der Waals surface area contributed by atoms with Gasteiger partial charge in [-0.3, -0.25) is 4.79 Å². The van der Waals surface area contributed by atoms with E-state index in [1.165, 1.54) is 18.2 Å². The van der Waals surface area contributed by atoms with E-state index in [1.54, 1.807) is 12.1 Å². The molecule has 3 N–H and O–H groups in total. The van der Waals surface area contributed by atoms with Crippen molar-refractivity contribution in [3.8, 4) is 16.9 Å². The highest BCUT2D eigenvalue weighted by molar-refractivity contribution is 6.05. The summed E-state index contributed by atoms with van der Waals surface area (Å²) in [7, 11) is 0. The van der Waals surface area contributed by atoms with Crippen LogP contribution >= 0.6 is 0 Å². The average Bonchev–Trinajstić information content (AvgIpc) is 2.62. The zero-order chi connectivity index (χ0) is 17.8. The number of carbonyl (C=O) groups is 2. The third kappa shape index (κ3) is 3.67. The largest absolute Gasteiger partial charge is 0.507 e. The molecule has 0 saturated heterocycles. The number of benzene rings is 3. The Kier molecular flexibility index (Phi) is 4.48. The lowest BCUT2D eigenvalue weighted by Crippen LogP contribution is -2.12. The quantitative estimate of drug-likeness (QED) is 0.673. The number of aromatic hydroxyl groups is 1. The number of amides is 1. The van der Waals surface area contributed by atoms with Gasteiger partial charge in [-0.2, -0.15) is 0 Å². The Labute approximate surface area is 144 Å². The number of nitrogens with one attached hydrogen (secondary N) is 1. The smallest absolute Gasteiger partial charge is 0.339 e. The number of carbonyl (C=O) groups excluding carboxylic acids is 1. The van der Waals surface area contributed by atoms with Crippen molar-refractivity contribution in [3.05, 3.63) is 83.9 Å². The molecular weight excluding hydrogens is 318 g/mol. The van der Waals surface area contributed by atoms with Crippen LogP contribution in [0.3, 0.4) is 0 Å². The summed E-state index contributed by atoms with van der Waals surface area (Å²) in [6.45, 7) is 0. The van der Waals surface area contributed by atoms with Crippen LogP contribution < -0.4 is 5.32 Å². The standard InChI is InChI=1S/C20H15NO4/c22-18-12-16(10-11-17(18)20(24)25)21-19(23)15-8-6-14(7-9-15)13-4-2-1-3-5-13/h1-12,22H,(H,21,23)(H,24,25). The summed E-state index contributed by atoms with van der Waals surface area (Å²) in [5, 5.41) is 21.2. The maximum atomic E-state index is 12.3. The molecule has 3 rings (SSSR count).